The number of benzene rings is 2. The van der Waals surface area contributed by atoms with Crippen LogP contribution in [0.1, 0.15) is 28.5 Å². The first kappa shape index (κ1) is 17.9. The molecule has 4 aromatic rings. The average Bonchev–Trinajstić information content (AvgIpc) is 3.36. The maximum absolute atomic E-state index is 12.7. The Morgan fingerprint density at radius 3 is 2.75 bits per heavy atom. The lowest BCUT2D eigenvalue weighted by Crippen LogP contribution is -2.18. The van der Waals surface area contributed by atoms with Crippen molar-refractivity contribution in [2.24, 2.45) is 0 Å². The molecule has 0 saturated carbocycles. The van der Waals surface area contributed by atoms with Gasteiger partial charge in [-0.1, -0.05) is 48.5 Å². The number of aromatic nitrogens is 4. The van der Waals surface area contributed by atoms with Gasteiger partial charge in [0.05, 0.1) is 23.4 Å². The molecule has 4 rings (SSSR count). The Bertz CT molecular complexity index is 1070. The van der Waals surface area contributed by atoms with Crippen molar-refractivity contribution in [3.05, 3.63) is 78.2 Å². The van der Waals surface area contributed by atoms with Crippen LogP contribution in [0.15, 0.2) is 67.0 Å². The summed E-state index contributed by atoms with van der Waals surface area (Å²) in [6.45, 7) is 0.861. The summed E-state index contributed by atoms with van der Waals surface area (Å²) in [6, 6.07) is 17.9. The summed E-state index contributed by atoms with van der Waals surface area (Å²) in [7, 11) is 1.94. The zero-order chi connectivity index (χ0) is 19.3. The molecule has 1 amide bonds. The molecule has 142 valence electrons. The Balaban J connectivity index is 1.55. The van der Waals surface area contributed by atoms with Crippen molar-refractivity contribution in [3.8, 4) is 0 Å². The second-order valence-electron chi connectivity index (χ2n) is 6.60. The van der Waals surface area contributed by atoms with Crippen LogP contribution in [0.25, 0.3) is 10.9 Å². The van der Waals surface area contributed by atoms with Crippen LogP contribution in [0.2, 0.25) is 0 Å². The molecular formula is C21H22N6O. The van der Waals surface area contributed by atoms with Gasteiger partial charge in [-0.2, -0.15) is 10.2 Å². The van der Waals surface area contributed by atoms with E-state index in [2.05, 4.69) is 38.1 Å². The topological polar surface area (TPSA) is 87.6 Å². The van der Waals surface area contributed by atoms with Crippen molar-refractivity contribution >= 4 is 22.5 Å². The molecule has 0 radical (unpaired) electrons. The van der Waals surface area contributed by atoms with Crippen LogP contribution in [0, 0.1) is 0 Å². The Morgan fingerprint density at radius 1 is 1.14 bits per heavy atom. The average molecular weight is 374 g/mol. The zero-order valence-corrected chi connectivity index (χ0v) is 15.6. The molecule has 0 bridgehead atoms. The predicted molar refractivity (Wildman–Crippen MR) is 109 cm³/mol. The molecule has 0 aliphatic rings. The number of hydrogen-bond donors (Lipinski definition) is 3. The van der Waals surface area contributed by atoms with Crippen molar-refractivity contribution in [1.82, 2.24) is 25.3 Å². The number of anilines is 1. The third-order valence-electron chi connectivity index (χ3n) is 4.72. The van der Waals surface area contributed by atoms with Crippen molar-refractivity contribution in [1.29, 1.82) is 0 Å². The van der Waals surface area contributed by atoms with Crippen LogP contribution in [0.3, 0.4) is 0 Å². The molecule has 2 heterocycles. The Labute approximate surface area is 162 Å². The van der Waals surface area contributed by atoms with Gasteiger partial charge in [0.2, 0.25) is 0 Å². The first-order chi connectivity index (χ1) is 13.8. The van der Waals surface area contributed by atoms with Crippen LogP contribution >= 0.6 is 0 Å². The van der Waals surface area contributed by atoms with Crippen molar-refractivity contribution < 1.29 is 4.79 Å². The fourth-order valence-corrected chi connectivity index (χ4v) is 3.31. The third kappa shape index (κ3) is 3.65. The van der Waals surface area contributed by atoms with Gasteiger partial charge in [-0.05, 0) is 31.6 Å². The number of carbonyl (C=O) groups excluding carboxylic acids is 1. The minimum absolute atomic E-state index is 0.0884. The van der Waals surface area contributed by atoms with Crippen LogP contribution < -0.4 is 10.6 Å². The number of carbonyl (C=O) groups is 1. The third-order valence-corrected chi connectivity index (χ3v) is 4.72. The van der Waals surface area contributed by atoms with E-state index in [4.69, 9.17) is 0 Å². The number of H-pyrrole nitrogens is 1. The highest BCUT2D eigenvalue weighted by Crippen LogP contribution is 2.23. The lowest BCUT2D eigenvalue weighted by atomic mass is 10.0. The van der Waals surface area contributed by atoms with Gasteiger partial charge >= 0.3 is 0 Å². The zero-order valence-electron chi connectivity index (χ0n) is 15.6. The predicted octanol–water partition coefficient (Wildman–Crippen LogP) is 3.21. The van der Waals surface area contributed by atoms with Crippen molar-refractivity contribution in [2.75, 3.05) is 18.9 Å². The quantitative estimate of drug-likeness (QED) is 0.463. The number of para-hydroxylation sites is 1. The summed E-state index contributed by atoms with van der Waals surface area (Å²) in [6.07, 6.45) is 4.42. The molecule has 28 heavy (non-hydrogen) atoms. The van der Waals surface area contributed by atoms with E-state index in [0.29, 0.717) is 11.4 Å². The molecule has 7 nitrogen and oxygen atoms in total. The summed E-state index contributed by atoms with van der Waals surface area (Å²) in [5, 5.41) is 18.4. The minimum atomic E-state index is -0.261. The molecule has 2 aromatic heterocycles. The molecule has 1 atom stereocenters. The second-order valence-corrected chi connectivity index (χ2v) is 6.60. The number of hydrogen-bond acceptors (Lipinski definition) is 4. The maximum Gasteiger partial charge on any atom is 0.276 e. The summed E-state index contributed by atoms with van der Waals surface area (Å²) in [5.74, 6) is -0.261. The van der Waals surface area contributed by atoms with Gasteiger partial charge < -0.3 is 10.6 Å². The van der Waals surface area contributed by atoms with E-state index >= 15 is 0 Å². The number of fused-ring (bicyclic) bond motifs is 1. The molecule has 0 fully saturated rings. The van der Waals surface area contributed by atoms with E-state index in [9.17, 15) is 4.79 Å². The van der Waals surface area contributed by atoms with Crippen molar-refractivity contribution in [2.45, 2.75) is 12.5 Å². The monoisotopic (exact) mass is 374 g/mol. The van der Waals surface area contributed by atoms with E-state index in [1.807, 2.05) is 60.4 Å². The smallest absolute Gasteiger partial charge is 0.276 e. The van der Waals surface area contributed by atoms with Gasteiger partial charge in [-0.3, -0.25) is 14.6 Å². The number of nitrogens with zero attached hydrogens (tertiary/aromatic N) is 3. The van der Waals surface area contributed by atoms with Crippen LogP contribution in [0.4, 0.5) is 5.69 Å². The van der Waals surface area contributed by atoms with Gasteiger partial charge in [-0.25, -0.2) is 0 Å². The van der Waals surface area contributed by atoms with E-state index < -0.39 is 0 Å². The largest absolute Gasteiger partial charge is 0.320 e. The summed E-state index contributed by atoms with van der Waals surface area (Å²) >= 11 is 0. The minimum Gasteiger partial charge on any atom is -0.320 e. The SMILES string of the molecule is CNCCC(c1ccccc1)n1cc(NC(=O)c2n[nH]c3ccccc23)cn1. The Kier molecular flexibility index (Phi) is 5.16. The molecule has 0 spiro atoms. The van der Waals surface area contributed by atoms with E-state index in [0.717, 1.165) is 23.9 Å². The van der Waals surface area contributed by atoms with E-state index in [1.165, 1.54) is 5.56 Å². The molecule has 3 N–H and O–H groups in total. The normalized spacial score (nSPS) is 12.2. The molecule has 0 aliphatic heterocycles. The Morgan fingerprint density at radius 2 is 1.93 bits per heavy atom. The van der Waals surface area contributed by atoms with Crippen LogP contribution in [-0.4, -0.2) is 39.5 Å². The fourth-order valence-electron chi connectivity index (χ4n) is 3.31. The number of nitrogens with one attached hydrogen (secondary N) is 3. The van der Waals surface area contributed by atoms with Gasteiger partial charge in [-0.15, -0.1) is 0 Å². The van der Waals surface area contributed by atoms with Crippen LogP contribution in [0.5, 0.6) is 0 Å². The molecule has 0 saturated heterocycles. The lowest BCUT2D eigenvalue weighted by molar-refractivity contribution is 0.102. The summed E-state index contributed by atoms with van der Waals surface area (Å²) in [4.78, 5) is 12.7. The molecule has 2 aromatic carbocycles. The summed E-state index contributed by atoms with van der Waals surface area (Å²) in [5.41, 5.74) is 3.03. The van der Waals surface area contributed by atoms with E-state index in [1.54, 1.807) is 6.20 Å². The highest BCUT2D eigenvalue weighted by Gasteiger charge is 2.17. The van der Waals surface area contributed by atoms with Crippen LogP contribution in [-0.2, 0) is 0 Å². The first-order valence-electron chi connectivity index (χ1n) is 9.24. The number of amides is 1. The standard InChI is InChI=1S/C21H22N6O/c1-22-12-11-19(15-7-3-2-4-8-15)27-14-16(13-23-27)24-21(28)20-17-9-5-6-10-18(17)25-26-20/h2-10,13-14,19,22H,11-12H2,1H3,(H,24,28)(H,25,26). The molecule has 1 unspecified atom stereocenters. The van der Waals surface area contributed by atoms with Gasteiger partial charge in [0.1, 0.15) is 0 Å². The second kappa shape index (κ2) is 8.06. The summed E-state index contributed by atoms with van der Waals surface area (Å²) < 4.78 is 1.89. The number of rotatable bonds is 7. The highest BCUT2D eigenvalue weighted by molar-refractivity contribution is 6.10. The van der Waals surface area contributed by atoms with E-state index in [-0.39, 0.29) is 11.9 Å². The fraction of sp³-hybridized carbons (Fsp3) is 0.190. The molecule has 7 heteroatoms. The first-order valence-corrected chi connectivity index (χ1v) is 9.24. The van der Waals surface area contributed by atoms with Gasteiger partial charge in [0.25, 0.3) is 5.91 Å². The number of aromatic amines is 1. The lowest BCUT2D eigenvalue weighted by Gasteiger charge is -2.18. The highest BCUT2D eigenvalue weighted by atomic mass is 16.2. The maximum atomic E-state index is 12.7. The van der Waals surface area contributed by atoms with Crippen molar-refractivity contribution in [3.63, 3.8) is 0 Å². The molecule has 0 aliphatic carbocycles. The molecular weight excluding hydrogens is 352 g/mol. The van der Waals surface area contributed by atoms with Gasteiger partial charge in [0.15, 0.2) is 5.69 Å². The van der Waals surface area contributed by atoms with Gasteiger partial charge in [0, 0.05) is 11.6 Å². The Hall–Kier alpha value is -3.45.